The number of hydrogen-bond acceptors (Lipinski definition) is 3. The molecular formula is C28H26Cl2O3. The van der Waals surface area contributed by atoms with Gasteiger partial charge in [-0.25, -0.2) is 0 Å². The van der Waals surface area contributed by atoms with Crippen molar-refractivity contribution >= 4 is 29.2 Å². The molecule has 3 atom stereocenters. The zero-order valence-corrected chi connectivity index (χ0v) is 19.9. The Morgan fingerprint density at radius 3 is 2.24 bits per heavy atom. The standard InChI is InChI=1S/C28H26Cl2O3/c1-28(16-15-20-9-4-2-5-10-20)24(18-25(29)30)26(28)27(31)32-19-21-11-8-14-23(17-21)33-22-12-6-3-7-13-22/h2-14,17-18,24,26H,15-16,19H2,1H3. The van der Waals surface area contributed by atoms with E-state index in [1.54, 1.807) is 6.08 Å². The maximum Gasteiger partial charge on any atom is 0.310 e. The van der Waals surface area contributed by atoms with Gasteiger partial charge in [-0.1, -0.05) is 90.8 Å². The van der Waals surface area contributed by atoms with Crippen LogP contribution in [0.5, 0.6) is 11.5 Å². The van der Waals surface area contributed by atoms with E-state index in [1.807, 2.05) is 72.8 Å². The number of para-hydroxylation sites is 1. The third-order valence-electron chi connectivity index (χ3n) is 6.34. The molecule has 1 aliphatic carbocycles. The lowest BCUT2D eigenvalue weighted by Gasteiger charge is -2.12. The summed E-state index contributed by atoms with van der Waals surface area (Å²) >= 11 is 11.9. The Labute approximate surface area is 204 Å². The molecule has 4 rings (SSSR count). The Morgan fingerprint density at radius 1 is 0.909 bits per heavy atom. The molecular weight excluding hydrogens is 455 g/mol. The van der Waals surface area contributed by atoms with Gasteiger partial charge in [-0.15, -0.1) is 0 Å². The van der Waals surface area contributed by atoms with Crippen LogP contribution in [0, 0.1) is 17.3 Å². The molecule has 1 aliphatic rings. The molecule has 0 saturated heterocycles. The van der Waals surface area contributed by atoms with E-state index >= 15 is 0 Å². The Kier molecular flexibility index (Phi) is 7.42. The average molecular weight is 481 g/mol. The topological polar surface area (TPSA) is 35.5 Å². The smallest absolute Gasteiger partial charge is 0.310 e. The van der Waals surface area contributed by atoms with Crippen LogP contribution in [0.15, 0.2) is 95.5 Å². The number of aryl methyl sites for hydroxylation is 1. The quantitative estimate of drug-likeness (QED) is 0.294. The summed E-state index contributed by atoms with van der Waals surface area (Å²) in [7, 11) is 0. The van der Waals surface area contributed by atoms with Crippen LogP contribution in [-0.4, -0.2) is 5.97 Å². The number of allylic oxidation sites excluding steroid dienone is 1. The van der Waals surface area contributed by atoms with Crippen molar-refractivity contribution in [2.75, 3.05) is 0 Å². The van der Waals surface area contributed by atoms with Crippen molar-refractivity contribution in [3.8, 4) is 11.5 Å². The maximum absolute atomic E-state index is 13.0. The molecule has 3 unspecified atom stereocenters. The zero-order chi connectivity index (χ0) is 23.3. The van der Waals surface area contributed by atoms with Crippen LogP contribution < -0.4 is 4.74 Å². The molecule has 0 aliphatic heterocycles. The number of esters is 1. The van der Waals surface area contributed by atoms with Gasteiger partial charge in [0, 0.05) is 0 Å². The molecule has 5 heteroatoms. The molecule has 3 nitrogen and oxygen atoms in total. The number of hydrogen-bond donors (Lipinski definition) is 0. The van der Waals surface area contributed by atoms with Crippen molar-refractivity contribution in [3.63, 3.8) is 0 Å². The maximum atomic E-state index is 13.0. The summed E-state index contributed by atoms with van der Waals surface area (Å²) in [5, 5.41) is 0. The van der Waals surface area contributed by atoms with Crippen molar-refractivity contribution in [2.24, 2.45) is 17.3 Å². The fourth-order valence-electron chi connectivity index (χ4n) is 4.39. The van der Waals surface area contributed by atoms with Gasteiger partial charge in [0.1, 0.15) is 22.6 Å². The summed E-state index contributed by atoms with van der Waals surface area (Å²) in [5.74, 6) is 0.926. The van der Waals surface area contributed by atoms with E-state index in [1.165, 1.54) is 5.56 Å². The summed E-state index contributed by atoms with van der Waals surface area (Å²) in [6.45, 7) is 2.29. The van der Waals surface area contributed by atoms with Gasteiger partial charge in [-0.3, -0.25) is 4.79 Å². The Morgan fingerprint density at radius 2 is 1.55 bits per heavy atom. The minimum Gasteiger partial charge on any atom is -0.461 e. The summed E-state index contributed by atoms with van der Waals surface area (Å²) in [4.78, 5) is 13.0. The highest BCUT2D eigenvalue weighted by Crippen LogP contribution is 2.63. The molecule has 3 aromatic rings. The lowest BCUT2D eigenvalue weighted by molar-refractivity contribution is -0.147. The van der Waals surface area contributed by atoms with Gasteiger partial charge in [-0.2, -0.15) is 0 Å². The third-order valence-corrected chi connectivity index (χ3v) is 6.59. The molecule has 170 valence electrons. The summed E-state index contributed by atoms with van der Waals surface area (Å²) in [5.41, 5.74) is 1.87. The number of benzene rings is 3. The molecule has 0 heterocycles. The van der Waals surface area contributed by atoms with Crippen LogP contribution in [-0.2, 0) is 22.6 Å². The van der Waals surface area contributed by atoms with Crippen LogP contribution in [0.3, 0.4) is 0 Å². The van der Waals surface area contributed by atoms with Crippen molar-refractivity contribution in [2.45, 2.75) is 26.4 Å². The summed E-state index contributed by atoms with van der Waals surface area (Å²) < 4.78 is 11.8. The van der Waals surface area contributed by atoms with Gasteiger partial charge in [0.15, 0.2) is 0 Å². The van der Waals surface area contributed by atoms with Crippen molar-refractivity contribution < 1.29 is 14.3 Å². The van der Waals surface area contributed by atoms with Crippen LogP contribution in [0.4, 0.5) is 0 Å². The number of ether oxygens (including phenoxy) is 2. The normalized spacial score (nSPS) is 21.2. The van der Waals surface area contributed by atoms with Crippen molar-refractivity contribution in [3.05, 3.63) is 107 Å². The van der Waals surface area contributed by atoms with Crippen LogP contribution >= 0.6 is 23.2 Å². The second kappa shape index (κ2) is 10.5. The lowest BCUT2D eigenvalue weighted by Crippen LogP contribution is -2.12. The second-order valence-corrected chi connectivity index (χ2v) is 9.63. The first-order chi connectivity index (χ1) is 16.0. The minimum atomic E-state index is -0.266. The second-order valence-electron chi connectivity index (χ2n) is 8.62. The Hall–Kier alpha value is -2.75. The minimum absolute atomic E-state index is 0.0357. The molecule has 0 radical (unpaired) electrons. The largest absolute Gasteiger partial charge is 0.461 e. The Bertz CT molecular complexity index is 1110. The van der Waals surface area contributed by atoms with Crippen LogP contribution in [0.1, 0.15) is 24.5 Å². The van der Waals surface area contributed by atoms with Gasteiger partial charge in [0.25, 0.3) is 0 Å². The summed E-state index contributed by atoms with van der Waals surface area (Å²) in [6, 6.07) is 27.4. The highest BCUT2D eigenvalue weighted by Gasteiger charge is 2.64. The number of carbonyl (C=O) groups excluding carboxylic acids is 1. The molecule has 0 N–H and O–H groups in total. The van der Waals surface area contributed by atoms with E-state index in [0.717, 1.165) is 24.2 Å². The van der Waals surface area contributed by atoms with Crippen molar-refractivity contribution in [1.29, 1.82) is 0 Å². The highest BCUT2D eigenvalue weighted by molar-refractivity contribution is 6.55. The fourth-order valence-corrected chi connectivity index (χ4v) is 4.66. The number of halogens is 2. The molecule has 0 bridgehead atoms. The van der Waals surface area contributed by atoms with E-state index in [0.29, 0.717) is 5.75 Å². The average Bonchev–Trinajstić information content (AvgIpc) is 3.40. The zero-order valence-electron chi connectivity index (χ0n) is 18.4. The predicted octanol–water partition coefficient (Wildman–Crippen LogP) is 7.73. The highest BCUT2D eigenvalue weighted by atomic mass is 35.5. The molecule has 0 spiro atoms. The first-order valence-corrected chi connectivity index (χ1v) is 11.8. The monoisotopic (exact) mass is 480 g/mol. The van der Waals surface area contributed by atoms with E-state index in [-0.39, 0.29) is 34.3 Å². The molecule has 0 aromatic heterocycles. The third kappa shape index (κ3) is 5.98. The van der Waals surface area contributed by atoms with E-state index in [9.17, 15) is 4.79 Å². The van der Waals surface area contributed by atoms with Gasteiger partial charge >= 0.3 is 5.97 Å². The van der Waals surface area contributed by atoms with Crippen LogP contribution in [0.25, 0.3) is 0 Å². The first-order valence-electron chi connectivity index (χ1n) is 11.0. The van der Waals surface area contributed by atoms with Crippen molar-refractivity contribution in [1.82, 2.24) is 0 Å². The molecule has 1 saturated carbocycles. The molecule has 0 amide bonds. The summed E-state index contributed by atoms with van der Waals surface area (Å²) in [6.07, 6.45) is 3.50. The van der Waals surface area contributed by atoms with Gasteiger partial charge < -0.3 is 9.47 Å². The predicted molar refractivity (Wildman–Crippen MR) is 132 cm³/mol. The van der Waals surface area contributed by atoms with Gasteiger partial charge in [0.05, 0.1) is 5.92 Å². The molecule has 3 aromatic carbocycles. The lowest BCUT2D eigenvalue weighted by atomic mass is 9.95. The van der Waals surface area contributed by atoms with E-state index in [4.69, 9.17) is 32.7 Å². The SMILES string of the molecule is CC1(CCc2ccccc2)C(C=C(Cl)Cl)C1C(=O)OCc1cccc(Oc2ccccc2)c1. The number of rotatable bonds is 9. The van der Waals surface area contributed by atoms with E-state index in [2.05, 4.69) is 19.1 Å². The van der Waals surface area contributed by atoms with E-state index < -0.39 is 0 Å². The number of carbonyl (C=O) groups is 1. The molecule has 1 fully saturated rings. The first kappa shape index (κ1) is 23.4. The molecule has 33 heavy (non-hydrogen) atoms. The van der Waals surface area contributed by atoms with Gasteiger partial charge in [0.2, 0.25) is 0 Å². The fraction of sp³-hybridized carbons (Fsp3) is 0.250. The van der Waals surface area contributed by atoms with Gasteiger partial charge in [-0.05, 0) is 65.6 Å². The van der Waals surface area contributed by atoms with Crippen LogP contribution in [0.2, 0.25) is 0 Å². The Balaban J connectivity index is 1.38.